The van der Waals surface area contributed by atoms with Gasteiger partial charge in [0.25, 0.3) is 0 Å². The highest BCUT2D eigenvalue weighted by molar-refractivity contribution is 5.72. The number of aromatic nitrogens is 3. The molecule has 2 aromatic heterocycles. The monoisotopic (exact) mass is 353 g/mol. The largest absolute Gasteiger partial charge is 0.493 e. The predicted octanol–water partition coefficient (Wildman–Crippen LogP) is 2.71. The quantitative estimate of drug-likeness (QED) is 0.544. The van der Waals surface area contributed by atoms with Gasteiger partial charge in [0, 0.05) is 5.56 Å². The fourth-order valence-electron chi connectivity index (χ4n) is 2.71. The lowest BCUT2D eigenvalue weighted by molar-refractivity contribution is 0.355. The van der Waals surface area contributed by atoms with Crippen LogP contribution >= 0.6 is 0 Å². The minimum absolute atomic E-state index is 0.0979. The van der Waals surface area contributed by atoms with Crippen molar-refractivity contribution in [3.63, 3.8) is 0 Å². The van der Waals surface area contributed by atoms with Gasteiger partial charge in [0.15, 0.2) is 22.9 Å². The zero-order valence-corrected chi connectivity index (χ0v) is 14.1. The molecule has 0 spiro atoms. The van der Waals surface area contributed by atoms with Gasteiger partial charge in [0.05, 0.1) is 14.2 Å². The number of rotatable bonds is 5. The van der Waals surface area contributed by atoms with E-state index in [1.165, 1.54) is 11.7 Å². The van der Waals surface area contributed by atoms with E-state index in [1.807, 2.05) is 24.3 Å². The first kappa shape index (κ1) is 15.9. The van der Waals surface area contributed by atoms with Gasteiger partial charge in [-0.1, -0.05) is 17.3 Å². The summed E-state index contributed by atoms with van der Waals surface area (Å²) in [6, 6.07) is 12.6. The van der Waals surface area contributed by atoms with Gasteiger partial charge in [0.2, 0.25) is 5.89 Å². The molecule has 0 bridgehead atoms. The number of benzene rings is 2. The minimum atomic E-state index is -0.600. The Bertz CT molecular complexity index is 1090. The topological polar surface area (TPSA) is 92.5 Å². The molecule has 0 amide bonds. The fraction of sp³-hybridized carbons (Fsp3) is 0.167. The normalized spacial score (nSPS) is 11.0. The minimum Gasteiger partial charge on any atom is -0.493 e. The van der Waals surface area contributed by atoms with Gasteiger partial charge in [0.1, 0.15) is 12.1 Å². The van der Waals surface area contributed by atoms with Crippen molar-refractivity contribution < 1.29 is 18.4 Å². The molecule has 0 saturated heterocycles. The van der Waals surface area contributed by atoms with E-state index in [9.17, 15) is 4.79 Å². The third-order valence-electron chi connectivity index (χ3n) is 3.96. The molecule has 132 valence electrons. The molecule has 0 radical (unpaired) electrons. The molecule has 0 atom stereocenters. The molecule has 4 aromatic rings. The summed E-state index contributed by atoms with van der Waals surface area (Å²) in [6.45, 7) is 0.0979. The Labute approximate surface area is 147 Å². The van der Waals surface area contributed by atoms with Crippen LogP contribution < -0.4 is 15.2 Å². The SMILES string of the molecule is COc1ccc(-c2noc(=O)n2Cc2nc3ccccc3o2)cc1OC. The van der Waals surface area contributed by atoms with E-state index in [0.29, 0.717) is 34.4 Å². The summed E-state index contributed by atoms with van der Waals surface area (Å²) in [5, 5.41) is 3.88. The average molecular weight is 353 g/mol. The van der Waals surface area contributed by atoms with Crippen LogP contribution in [0.5, 0.6) is 11.5 Å². The summed E-state index contributed by atoms with van der Waals surface area (Å²) < 4.78 is 22.4. The van der Waals surface area contributed by atoms with Crippen LogP contribution in [0.3, 0.4) is 0 Å². The Morgan fingerprint density at radius 3 is 2.65 bits per heavy atom. The van der Waals surface area contributed by atoms with Gasteiger partial charge < -0.3 is 13.9 Å². The molecule has 0 saturated carbocycles. The number of oxazole rings is 1. The van der Waals surface area contributed by atoms with Gasteiger partial charge in [-0.3, -0.25) is 4.52 Å². The highest BCUT2D eigenvalue weighted by atomic mass is 16.5. The Balaban J connectivity index is 1.75. The van der Waals surface area contributed by atoms with Crippen LogP contribution in [0.1, 0.15) is 5.89 Å². The first-order valence-electron chi connectivity index (χ1n) is 7.83. The van der Waals surface area contributed by atoms with Crippen LogP contribution in [0.4, 0.5) is 0 Å². The van der Waals surface area contributed by atoms with Gasteiger partial charge in [-0.2, -0.15) is 0 Å². The van der Waals surface area contributed by atoms with Gasteiger partial charge in [-0.15, -0.1) is 0 Å². The van der Waals surface area contributed by atoms with Gasteiger partial charge in [-0.25, -0.2) is 14.3 Å². The number of hydrogen-bond acceptors (Lipinski definition) is 7. The Morgan fingerprint density at radius 2 is 1.88 bits per heavy atom. The molecule has 2 aromatic carbocycles. The van der Waals surface area contributed by atoms with Crippen molar-refractivity contribution >= 4 is 11.1 Å². The van der Waals surface area contributed by atoms with Crippen molar-refractivity contribution in [2.45, 2.75) is 6.54 Å². The highest BCUT2D eigenvalue weighted by Gasteiger charge is 2.17. The molecule has 0 fully saturated rings. The van der Waals surface area contributed by atoms with E-state index < -0.39 is 5.76 Å². The zero-order chi connectivity index (χ0) is 18.1. The predicted molar refractivity (Wildman–Crippen MR) is 92.4 cm³/mol. The number of methoxy groups -OCH3 is 2. The Morgan fingerprint density at radius 1 is 1.08 bits per heavy atom. The second-order valence-corrected chi connectivity index (χ2v) is 5.50. The third-order valence-corrected chi connectivity index (χ3v) is 3.96. The maximum absolute atomic E-state index is 12.1. The van der Waals surface area contributed by atoms with Crippen molar-refractivity contribution in [1.29, 1.82) is 0 Å². The maximum atomic E-state index is 12.1. The summed E-state index contributed by atoms with van der Waals surface area (Å²) in [5.74, 6) is 1.23. The Kier molecular flexibility index (Phi) is 3.92. The molecule has 2 heterocycles. The molecular formula is C18H15N3O5. The molecule has 26 heavy (non-hydrogen) atoms. The zero-order valence-electron chi connectivity index (χ0n) is 14.1. The van der Waals surface area contributed by atoms with Crippen molar-refractivity contribution in [3.8, 4) is 22.9 Å². The standard InChI is InChI=1S/C18H15N3O5/c1-23-14-8-7-11(9-15(14)24-2)17-20-26-18(22)21(17)10-16-19-12-5-3-4-6-13(12)25-16/h3-9H,10H2,1-2H3. The first-order chi connectivity index (χ1) is 12.7. The van der Waals surface area contributed by atoms with E-state index in [0.717, 1.165) is 5.52 Å². The number of ether oxygens (including phenoxy) is 2. The molecule has 0 unspecified atom stereocenters. The Hall–Kier alpha value is -3.55. The van der Waals surface area contributed by atoms with E-state index in [4.69, 9.17) is 18.4 Å². The lowest BCUT2D eigenvalue weighted by Crippen LogP contribution is -2.16. The molecule has 0 aliphatic rings. The number of hydrogen-bond donors (Lipinski definition) is 0. The van der Waals surface area contributed by atoms with Crippen molar-refractivity contribution in [3.05, 3.63) is 58.9 Å². The molecule has 8 nitrogen and oxygen atoms in total. The van der Waals surface area contributed by atoms with Gasteiger partial charge >= 0.3 is 5.76 Å². The second kappa shape index (κ2) is 6.40. The van der Waals surface area contributed by atoms with Crippen LogP contribution in [-0.4, -0.2) is 28.9 Å². The third kappa shape index (κ3) is 2.71. The summed E-state index contributed by atoms with van der Waals surface area (Å²) in [6.07, 6.45) is 0. The highest BCUT2D eigenvalue weighted by Crippen LogP contribution is 2.31. The van der Waals surface area contributed by atoms with E-state index in [1.54, 1.807) is 25.3 Å². The van der Waals surface area contributed by atoms with Crippen LogP contribution in [0.2, 0.25) is 0 Å². The molecule has 0 aliphatic heterocycles. The van der Waals surface area contributed by atoms with Crippen LogP contribution in [0.15, 0.2) is 56.2 Å². The van der Waals surface area contributed by atoms with E-state index in [2.05, 4.69) is 10.1 Å². The molecule has 8 heteroatoms. The van der Waals surface area contributed by atoms with Crippen molar-refractivity contribution in [2.75, 3.05) is 14.2 Å². The summed E-state index contributed by atoms with van der Waals surface area (Å²) >= 11 is 0. The average Bonchev–Trinajstić information content (AvgIpc) is 3.24. The number of para-hydroxylation sites is 2. The second-order valence-electron chi connectivity index (χ2n) is 5.50. The van der Waals surface area contributed by atoms with Crippen LogP contribution in [0, 0.1) is 0 Å². The molecular weight excluding hydrogens is 338 g/mol. The summed E-state index contributed by atoms with van der Waals surface area (Å²) in [5.41, 5.74) is 2.02. The first-order valence-corrected chi connectivity index (χ1v) is 7.83. The summed E-state index contributed by atoms with van der Waals surface area (Å²) in [7, 11) is 3.09. The molecule has 0 N–H and O–H groups in total. The lowest BCUT2D eigenvalue weighted by atomic mass is 10.2. The fourth-order valence-corrected chi connectivity index (χ4v) is 2.71. The van der Waals surface area contributed by atoms with E-state index >= 15 is 0 Å². The lowest BCUT2D eigenvalue weighted by Gasteiger charge is -2.09. The van der Waals surface area contributed by atoms with E-state index in [-0.39, 0.29) is 6.54 Å². The molecule has 0 aliphatic carbocycles. The summed E-state index contributed by atoms with van der Waals surface area (Å²) in [4.78, 5) is 16.5. The molecule has 4 rings (SSSR count). The van der Waals surface area contributed by atoms with Crippen LogP contribution in [0.25, 0.3) is 22.5 Å². The smallest absolute Gasteiger partial charge is 0.442 e. The maximum Gasteiger partial charge on any atom is 0.442 e. The van der Waals surface area contributed by atoms with Gasteiger partial charge in [-0.05, 0) is 30.3 Å². The number of fused-ring (bicyclic) bond motifs is 1. The van der Waals surface area contributed by atoms with Crippen molar-refractivity contribution in [1.82, 2.24) is 14.7 Å². The number of nitrogens with zero attached hydrogens (tertiary/aromatic N) is 3. The van der Waals surface area contributed by atoms with Crippen molar-refractivity contribution in [2.24, 2.45) is 0 Å². The van der Waals surface area contributed by atoms with Crippen LogP contribution in [-0.2, 0) is 6.54 Å².